The Morgan fingerprint density at radius 2 is 2.12 bits per heavy atom. The first-order valence-electron chi connectivity index (χ1n) is 5.51. The van der Waals surface area contributed by atoms with Gasteiger partial charge in [0.2, 0.25) is 0 Å². The Balaban J connectivity index is 2.56. The van der Waals surface area contributed by atoms with Crippen LogP contribution >= 0.6 is 11.8 Å². The first-order chi connectivity index (χ1) is 8.05. The van der Waals surface area contributed by atoms with E-state index in [-0.39, 0.29) is 0 Å². The standard InChI is InChI=1S/C13H16O3S/c1-8-6-10(16-2)9(7-11(8)17-3)13(4-5-13)12(14)15/h6-7H,4-5H2,1-3H3,(H,14,15). The summed E-state index contributed by atoms with van der Waals surface area (Å²) in [5.74, 6) is -0.0492. The summed E-state index contributed by atoms with van der Waals surface area (Å²) in [5, 5.41) is 9.35. The molecular weight excluding hydrogens is 236 g/mol. The van der Waals surface area contributed by atoms with Crippen LogP contribution < -0.4 is 4.74 Å². The first-order valence-corrected chi connectivity index (χ1v) is 6.74. The van der Waals surface area contributed by atoms with E-state index in [1.165, 1.54) is 0 Å². The highest BCUT2D eigenvalue weighted by atomic mass is 32.2. The molecule has 0 radical (unpaired) electrons. The van der Waals surface area contributed by atoms with Gasteiger partial charge in [0.15, 0.2) is 0 Å². The van der Waals surface area contributed by atoms with E-state index < -0.39 is 11.4 Å². The second-order valence-electron chi connectivity index (χ2n) is 4.41. The zero-order valence-corrected chi connectivity index (χ0v) is 11.1. The number of carbonyl (C=O) groups is 1. The summed E-state index contributed by atoms with van der Waals surface area (Å²) in [4.78, 5) is 12.5. The molecule has 0 amide bonds. The van der Waals surface area contributed by atoms with Crippen molar-refractivity contribution in [2.75, 3.05) is 13.4 Å². The lowest BCUT2D eigenvalue weighted by Crippen LogP contribution is -2.20. The van der Waals surface area contributed by atoms with E-state index in [2.05, 4.69) is 0 Å². The summed E-state index contributed by atoms with van der Waals surface area (Å²) < 4.78 is 5.33. The van der Waals surface area contributed by atoms with Gasteiger partial charge >= 0.3 is 5.97 Å². The Morgan fingerprint density at radius 3 is 2.53 bits per heavy atom. The van der Waals surface area contributed by atoms with Crippen molar-refractivity contribution in [3.63, 3.8) is 0 Å². The molecule has 1 aliphatic rings. The molecule has 3 nitrogen and oxygen atoms in total. The summed E-state index contributed by atoms with van der Waals surface area (Å²) in [6.07, 6.45) is 3.41. The maximum absolute atomic E-state index is 11.4. The molecule has 1 N–H and O–H groups in total. The van der Waals surface area contributed by atoms with E-state index in [9.17, 15) is 9.90 Å². The van der Waals surface area contributed by atoms with Gasteiger partial charge in [-0.1, -0.05) is 0 Å². The number of methoxy groups -OCH3 is 1. The Hall–Kier alpha value is -1.16. The van der Waals surface area contributed by atoms with Gasteiger partial charge in [0.1, 0.15) is 5.75 Å². The van der Waals surface area contributed by atoms with Crippen molar-refractivity contribution in [1.29, 1.82) is 0 Å². The Labute approximate surface area is 105 Å². The molecule has 1 aromatic rings. The summed E-state index contributed by atoms with van der Waals surface area (Å²) in [6, 6.07) is 3.91. The van der Waals surface area contributed by atoms with Crippen LogP contribution in [-0.4, -0.2) is 24.4 Å². The van der Waals surface area contributed by atoms with Gasteiger partial charge in [0.05, 0.1) is 12.5 Å². The molecule has 0 bridgehead atoms. The van der Waals surface area contributed by atoms with Crippen LogP contribution in [0.15, 0.2) is 17.0 Å². The zero-order chi connectivity index (χ0) is 12.6. The molecular formula is C13H16O3S. The van der Waals surface area contributed by atoms with Crippen molar-refractivity contribution in [2.45, 2.75) is 30.1 Å². The lowest BCUT2D eigenvalue weighted by atomic mass is 9.94. The first kappa shape index (κ1) is 12.3. The number of rotatable bonds is 4. The minimum Gasteiger partial charge on any atom is -0.496 e. The van der Waals surface area contributed by atoms with Gasteiger partial charge in [-0.15, -0.1) is 11.8 Å². The van der Waals surface area contributed by atoms with Crippen LogP contribution in [-0.2, 0) is 10.2 Å². The fourth-order valence-corrected chi connectivity index (χ4v) is 2.76. The van der Waals surface area contributed by atoms with Crippen molar-refractivity contribution in [2.24, 2.45) is 0 Å². The van der Waals surface area contributed by atoms with Gasteiger partial charge < -0.3 is 9.84 Å². The number of hydrogen-bond acceptors (Lipinski definition) is 3. The Kier molecular flexibility index (Phi) is 3.08. The van der Waals surface area contributed by atoms with E-state index >= 15 is 0 Å². The molecule has 0 unspecified atom stereocenters. The number of ether oxygens (including phenoxy) is 1. The van der Waals surface area contributed by atoms with Crippen molar-refractivity contribution in [3.05, 3.63) is 23.3 Å². The average Bonchev–Trinajstić information content (AvgIpc) is 3.09. The molecule has 0 aliphatic heterocycles. The highest BCUT2D eigenvalue weighted by molar-refractivity contribution is 7.98. The van der Waals surface area contributed by atoms with Crippen LogP contribution in [0.5, 0.6) is 5.75 Å². The average molecular weight is 252 g/mol. The number of aliphatic carboxylic acids is 1. The number of aryl methyl sites for hydroxylation is 1. The monoisotopic (exact) mass is 252 g/mol. The lowest BCUT2D eigenvalue weighted by Gasteiger charge is -2.17. The minimum absolute atomic E-state index is 0.695. The molecule has 17 heavy (non-hydrogen) atoms. The molecule has 0 heterocycles. The zero-order valence-electron chi connectivity index (χ0n) is 10.2. The SMILES string of the molecule is COc1cc(C)c(SC)cc1C1(C(=O)O)CC1. The highest BCUT2D eigenvalue weighted by Crippen LogP contribution is 2.52. The molecule has 0 atom stereocenters. The predicted octanol–water partition coefficient (Wildman–Crippen LogP) is 2.84. The third kappa shape index (κ3) is 1.90. The van der Waals surface area contributed by atoms with E-state index in [0.29, 0.717) is 18.6 Å². The number of carboxylic acid groups (broad SMARTS) is 1. The van der Waals surface area contributed by atoms with E-state index in [1.807, 2.05) is 25.3 Å². The number of benzene rings is 1. The van der Waals surface area contributed by atoms with Gasteiger partial charge in [-0.3, -0.25) is 4.79 Å². The van der Waals surface area contributed by atoms with Crippen LogP contribution in [0.3, 0.4) is 0 Å². The number of carboxylic acids is 1. The van der Waals surface area contributed by atoms with E-state index in [4.69, 9.17) is 4.74 Å². The largest absolute Gasteiger partial charge is 0.496 e. The fraction of sp³-hybridized carbons (Fsp3) is 0.462. The summed E-state index contributed by atoms with van der Waals surface area (Å²) in [5.41, 5.74) is 1.24. The van der Waals surface area contributed by atoms with Crippen LogP contribution in [0, 0.1) is 6.92 Å². The van der Waals surface area contributed by atoms with Gasteiger partial charge in [-0.25, -0.2) is 0 Å². The van der Waals surface area contributed by atoms with Crippen molar-refractivity contribution < 1.29 is 14.6 Å². The lowest BCUT2D eigenvalue weighted by molar-refractivity contribution is -0.140. The van der Waals surface area contributed by atoms with Gasteiger partial charge in [-0.2, -0.15) is 0 Å². The third-order valence-corrected chi connectivity index (χ3v) is 4.27. The maximum Gasteiger partial charge on any atom is 0.314 e. The highest BCUT2D eigenvalue weighted by Gasteiger charge is 2.53. The molecule has 0 aromatic heterocycles. The molecule has 0 spiro atoms. The van der Waals surface area contributed by atoms with E-state index in [1.54, 1.807) is 18.9 Å². The molecule has 0 saturated heterocycles. The summed E-state index contributed by atoms with van der Waals surface area (Å²) >= 11 is 1.64. The smallest absolute Gasteiger partial charge is 0.314 e. The topological polar surface area (TPSA) is 46.5 Å². The molecule has 92 valence electrons. The minimum atomic E-state index is -0.744. The summed E-state index contributed by atoms with van der Waals surface area (Å²) in [6.45, 7) is 2.01. The molecule has 1 fully saturated rings. The molecule has 2 rings (SSSR count). The van der Waals surface area contributed by atoms with Gasteiger partial charge in [-0.05, 0) is 43.7 Å². The molecule has 1 aromatic carbocycles. The van der Waals surface area contributed by atoms with Crippen molar-refractivity contribution in [1.82, 2.24) is 0 Å². The van der Waals surface area contributed by atoms with Crippen molar-refractivity contribution >= 4 is 17.7 Å². The van der Waals surface area contributed by atoms with Crippen LogP contribution in [0.25, 0.3) is 0 Å². The fourth-order valence-electron chi connectivity index (χ4n) is 2.15. The second kappa shape index (κ2) is 4.26. The van der Waals surface area contributed by atoms with Crippen molar-refractivity contribution in [3.8, 4) is 5.75 Å². The molecule has 4 heteroatoms. The van der Waals surface area contributed by atoms with Gasteiger partial charge in [0.25, 0.3) is 0 Å². The van der Waals surface area contributed by atoms with Gasteiger partial charge in [0, 0.05) is 10.5 Å². The molecule has 1 saturated carbocycles. The van der Waals surface area contributed by atoms with E-state index in [0.717, 1.165) is 16.0 Å². The quantitative estimate of drug-likeness (QED) is 0.837. The Morgan fingerprint density at radius 1 is 1.47 bits per heavy atom. The van der Waals surface area contributed by atoms with Crippen LogP contribution in [0.2, 0.25) is 0 Å². The maximum atomic E-state index is 11.4. The Bertz CT molecular complexity index is 464. The second-order valence-corrected chi connectivity index (χ2v) is 5.26. The third-order valence-electron chi connectivity index (χ3n) is 3.39. The number of hydrogen-bond donors (Lipinski definition) is 1. The molecule has 1 aliphatic carbocycles. The predicted molar refractivity (Wildman–Crippen MR) is 68.1 cm³/mol. The summed E-state index contributed by atoms with van der Waals surface area (Å²) in [7, 11) is 1.59. The van der Waals surface area contributed by atoms with Crippen LogP contribution in [0.4, 0.5) is 0 Å². The normalized spacial score (nSPS) is 16.6. The number of thioether (sulfide) groups is 1. The van der Waals surface area contributed by atoms with Crippen LogP contribution in [0.1, 0.15) is 24.0 Å².